The van der Waals surface area contributed by atoms with Gasteiger partial charge in [-0.3, -0.25) is 14.5 Å². The Kier molecular flexibility index (Phi) is 5.65. The number of carbonyl (C=O) groups is 2. The molecule has 4 heteroatoms. The van der Waals surface area contributed by atoms with E-state index in [4.69, 9.17) is 0 Å². The number of thioether (sulfide) groups is 1. The van der Waals surface area contributed by atoms with Crippen molar-refractivity contribution in [2.24, 2.45) is 0 Å². The first kappa shape index (κ1) is 15.1. The van der Waals surface area contributed by atoms with Gasteiger partial charge in [-0.2, -0.15) is 11.8 Å². The van der Waals surface area contributed by atoms with Gasteiger partial charge in [-0.25, -0.2) is 0 Å². The molecule has 0 unspecified atom stereocenters. The molecule has 1 aliphatic heterocycles. The van der Waals surface area contributed by atoms with Crippen molar-refractivity contribution < 1.29 is 9.59 Å². The molecule has 0 saturated carbocycles. The van der Waals surface area contributed by atoms with Crippen molar-refractivity contribution in [3.63, 3.8) is 0 Å². The van der Waals surface area contributed by atoms with Crippen molar-refractivity contribution in [3.05, 3.63) is 35.4 Å². The Hall–Kier alpha value is -1.29. The molecule has 2 amide bonds. The summed E-state index contributed by atoms with van der Waals surface area (Å²) < 4.78 is 0. The topological polar surface area (TPSA) is 37.4 Å². The fraction of sp³-hybridized carbons (Fsp3) is 0.500. The highest BCUT2D eigenvalue weighted by Crippen LogP contribution is 2.22. The number of rotatable bonds is 8. The molecule has 20 heavy (non-hydrogen) atoms. The molecule has 2 rings (SSSR count). The van der Waals surface area contributed by atoms with Crippen LogP contribution in [0.1, 0.15) is 53.3 Å². The predicted molar refractivity (Wildman–Crippen MR) is 83.3 cm³/mol. The summed E-state index contributed by atoms with van der Waals surface area (Å²) in [6, 6.07) is 7.07. The van der Waals surface area contributed by atoms with E-state index in [-0.39, 0.29) is 11.8 Å². The quantitative estimate of drug-likeness (QED) is 0.542. The van der Waals surface area contributed by atoms with Crippen LogP contribution < -0.4 is 0 Å². The third-order valence-electron chi connectivity index (χ3n) is 3.44. The normalized spacial score (nSPS) is 13.9. The van der Waals surface area contributed by atoms with Gasteiger partial charge in [0.2, 0.25) is 0 Å². The van der Waals surface area contributed by atoms with Gasteiger partial charge in [-0.05, 0) is 42.9 Å². The van der Waals surface area contributed by atoms with Crippen LogP contribution in [0.5, 0.6) is 0 Å². The fourth-order valence-electron chi connectivity index (χ4n) is 2.26. The van der Waals surface area contributed by atoms with E-state index in [1.165, 1.54) is 23.5 Å². The molecule has 1 aromatic carbocycles. The van der Waals surface area contributed by atoms with E-state index in [9.17, 15) is 9.59 Å². The molecule has 0 saturated heterocycles. The molecule has 108 valence electrons. The Bertz CT molecular complexity index is 452. The van der Waals surface area contributed by atoms with E-state index in [0.717, 1.165) is 18.6 Å². The number of unbranched alkanes of at least 4 members (excludes halogenated alkanes) is 2. The monoisotopic (exact) mass is 291 g/mol. The maximum atomic E-state index is 12.1. The molecule has 0 bridgehead atoms. The second-order valence-corrected chi connectivity index (χ2v) is 6.21. The number of fused-ring (bicyclic) bond motifs is 1. The average molecular weight is 291 g/mol. The van der Waals surface area contributed by atoms with Crippen molar-refractivity contribution in [2.45, 2.75) is 32.6 Å². The lowest BCUT2D eigenvalue weighted by Gasteiger charge is -2.13. The standard InChI is InChI=1S/C16H21NO2S/c1-2-3-11-20-12-7-6-10-17-15(18)13-8-4-5-9-14(13)16(17)19/h4-5,8-9H,2-3,6-7,10-12H2,1H3. The van der Waals surface area contributed by atoms with E-state index in [0.29, 0.717) is 17.7 Å². The Morgan fingerprint density at radius 2 is 1.55 bits per heavy atom. The van der Waals surface area contributed by atoms with Gasteiger partial charge in [-0.1, -0.05) is 25.5 Å². The van der Waals surface area contributed by atoms with Crippen molar-refractivity contribution >= 4 is 23.6 Å². The minimum absolute atomic E-state index is 0.135. The van der Waals surface area contributed by atoms with Crippen LogP contribution in [-0.2, 0) is 0 Å². The summed E-state index contributed by atoms with van der Waals surface area (Å²) in [5.74, 6) is 2.06. The average Bonchev–Trinajstić information content (AvgIpc) is 2.71. The van der Waals surface area contributed by atoms with Crippen LogP contribution >= 0.6 is 11.8 Å². The van der Waals surface area contributed by atoms with Crippen LogP contribution in [0.2, 0.25) is 0 Å². The number of imide groups is 1. The first-order valence-corrected chi connectivity index (χ1v) is 8.44. The SMILES string of the molecule is CCCCSCCCCN1C(=O)c2ccccc2C1=O. The van der Waals surface area contributed by atoms with E-state index in [2.05, 4.69) is 6.92 Å². The summed E-state index contributed by atoms with van der Waals surface area (Å²) >= 11 is 1.96. The van der Waals surface area contributed by atoms with Crippen molar-refractivity contribution in [1.82, 2.24) is 4.90 Å². The lowest BCUT2D eigenvalue weighted by Crippen LogP contribution is -2.30. The Balaban J connectivity index is 1.75. The molecule has 1 aromatic rings. The zero-order valence-corrected chi connectivity index (χ0v) is 12.7. The molecule has 0 N–H and O–H groups in total. The van der Waals surface area contributed by atoms with Gasteiger partial charge < -0.3 is 0 Å². The fourth-order valence-corrected chi connectivity index (χ4v) is 3.37. The summed E-state index contributed by atoms with van der Waals surface area (Å²) in [6.45, 7) is 2.74. The Labute approximate surface area is 124 Å². The number of hydrogen-bond donors (Lipinski definition) is 0. The smallest absolute Gasteiger partial charge is 0.261 e. The zero-order chi connectivity index (χ0) is 14.4. The molecule has 1 aliphatic rings. The summed E-state index contributed by atoms with van der Waals surface area (Å²) in [4.78, 5) is 25.6. The van der Waals surface area contributed by atoms with Crippen LogP contribution in [0.25, 0.3) is 0 Å². The molecule has 3 nitrogen and oxygen atoms in total. The highest BCUT2D eigenvalue weighted by atomic mass is 32.2. The van der Waals surface area contributed by atoms with Crippen LogP contribution in [0.3, 0.4) is 0 Å². The first-order chi connectivity index (χ1) is 9.75. The second kappa shape index (κ2) is 7.48. The minimum atomic E-state index is -0.135. The number of carbonyl (C=O) groups excluding carboxylic acids is 2. The van der Waals surface area contributed by atoms with E-state index < -0.39 is 0 Å². The highest BCUT2D eigenvalue weighted by Gasteiger charge is 2.34. The van der Waals surface area contributed by atoms with Crippen molar-refractivity contribution in [2.75, 3.05) is 18.1 Å². The van der Waals surface area contributed by atoms with Gasteiger partial charge in [0.15, 0.2) is 0 Å². The summed E-state index contributed by atoms with van der Waals surface area (Å²) in [5, 5.41) is 0. The molecular formula is C16H21NO2S. The Morgan fingerprint density at radius 3 is 2.15 bits per heavy atom. The highest BCUT2D eigenvalue weighted by molar-refractivity contribution is 7.99. The lowest BCUT2D eigenvalue weighted by molar-refractivity contribution is 0.0652. The third-order valence-corrected chi connectivity index (χ3v) is 4.60. The van der Waals surface area contributed by atoms with Gasteiger partial charge in [0.05, 0.1) is 11.1 Å². The predicted octanol–water partition coefficient (Wildman–Crippen LogP) is 3.60. The second-order valence-electron chi connectivity index (χ2n) is 4.98. The maximum absolute atomic E-state index is 12.1. The molecule has 1 heterocycles. The molecular weight excluding hydrogens is 270 g/mol. The van der Waals surface area contributed by atoms with Crippen LogP contribution in [0.15, 0.2) is 24.3 Å². The minimum Gasteiger partial charge on any atom is -0.274 e. The van der Waals surface area contributed by atoms with Crippen LogP contribution in [0.4, 0.5) is 0 Å². The summed E-state index contributed by atoms with van der Waals surface area (Å²) in [6.07, 6.45) is 4.46. The van der Waals surface area contributed by atoms with Crippen molar-refractivity contribution in [1.29, 1.82) is 0 Å². The molecule has 0 fully saturated rings. The number of amides is 2. The molecule has 0 spiro atoms. The van der Waals surface area contributed by atoms with Gasteiger partial charge in [0, 0.05) is 6.54 Å². The van der Waals surface area contributed by atoms with Crippen molar-refractivity contribution in [3.8, 4) is 0 Å². The number of nitrogens with zero attached hydrogens (tertiary/aromatic N) is 1. The van der Waals surface area contributed by atoms with Crippen LogP contribution in [0, 0.1) is 0 Å². The van der Waals surface area contributed by atoms with E-state index >= 15 is 0 Å². The summed E-state index contributed by atoms with van der Waals surface area (Å²) in [7, 11) is 0. The van der Waals surface area contributed by atoms with Gasteiger partial charge in [0.1, 0.15) is 0 Å². The van der Waals surface area contributed by atoms with Gasteiger partial charge in [-0.15, -0.1) is 0 Å². The molecule has 0 radical (unpaired) electrons. The molecule has 0 atom stereocenters. The Morgan fingerprint density at radius 1 is 0.950 bits per heavy atom. The maximum Gasteiger partial charge on any atom is 0.261 e. The van der Waals surface area contributed by atoms with Gasteiger partial charge >= 0.3 is 0 Å². The largest absolute Gasteiger partial charge is 0.274 e. The molecule has 0 aromatic heterocycles. The number of hydrogen-bond acceptors (Lipinski definition) is 3. The summed E-state index contributed by atoms with van der Waals surface area (Å²) in [5.41, 5.74) is 1.10. The molecule has 0 aliphatic carbocycles. The first-order valence-electron chi connectivity index (χ1n) is 7.28. The zero-order valence-electron chi connectivity index (χ0n) is 11.9. The van der Waals surface area contributed by atoms with E-state index in [1.807, 2.05) is 11.8 Å². The lowest BCUT2D eigenvalue weighted by atomic mass is 10.1. The third kappa shape index (κ3) is 3.42. The van der Waals surface area contributed by atoms with Crippen LogP contribution in [-0.4, -0.2) is 34.8 Å². The number of benzene rings is 1. The van der Waals surface area contributed by atoms with Gasteiger partial charge in [0.25, 0.3) is 11.8 Å². The van der Waals surface area contributed by atoms with E-state index in [1.54, 1.807) is 24.3 Å².